The molecule has 0 spiro atoms. The molecule has 1 aromatic rings. The van der Waals surface area contributed by atoms with Crippen LogP contribution < -0.4 is 10.1 Å². The molecule has 1 aromatic carbocycles. The van der Waals surface area contributed by atoms with Gasteiger partial charge in [0.25, 0.3) is 0 Å². The lowest BCUT2D eigenvalue weighted by atomic mass is 9.91. The van der Waals surface area contributed by atoms with E-state index in [0.717, 1.165) is 18.7 Å². The molecule has 2 nitrogen and oxygen atoms in total. The third-order valence-corrected chi connectivity index (χ3v) is 4.38. The third kappa shape index (κ3) is 3.50. The zero-order valence-corrected chi connectivity index (χ0v) is 12.8. The molecule has 1 N–H and O–H groups in total. The van der Waals surface area contributed by atoms with Crippen LogP contribution in [0.25, 0.3) is 0 Å². The van der Waals surface area contributed by atoms with Crippen molar-refractivity contribution in [1.82, 2.24) is 5.32 Å². The van der Waals surface area contributed by atoms with E-state index < -0.39 is 0 Å². The maximum atomic E-state index is 5.51. The summed E-state index contributed by atoms with van der Waals surface area (Å²) in [5.41, 5.74) is 3.14. The highest BCUT2D eigenvalue weighted by molar-refractivity contribution is 5.37. The van der Waals surface area contributed by atoms with E-state index >= 15 is 0 Å². The number of rotatable bonds is 7. The Bertz CT molecular complexity index is 423. The normalized spacial score (nSPS) is 18.1. The van der Waals surface area contributed by atoms with Crippen molar-refractivity contribution in [2.24, 2.45) is 5.41 Å². The maximum Gasteiger partial charge on any atom is 0.122 e. The monoisotopic (exact) mass is 261 g/mol. The highest BCUT2D eigenvalue weighted by atomic mass is 16.5. The second-order valence-electron chi connectivity index (χ2n) is 6.18. The van der Waals surface area contributed by atoms with Crippen LogP contribution in [-0.2, 0) is 6.42 Å². The van der Waals surface area contributed by atoms with E-state index in [2.05, 4.69) is 44.3 Å². The summed E-state index contributed by atoms with van der Waals surface area (Å²) in [7, 11) is 1.77. The molecule has 2 heteroatoms. The molecule has 0 aromatic heterocycles. The van der Waals surface area contributed by atoms with Gasteiger partial charge in [0, 0.05) is 6.04 Å². The highest BCUT2D eigenvalue weighted by Crippen LogP contribution is 2.49. The third-order valence-electron chi connectivity index (χ3n) is 4.38. The quantitative estimate of drug-likeness (QED) is 0.808. The fourth-order valence-corrected chi connectivity index (χ4v) is 2.72. The van der Waals surface area contributed by atoms with Crippen molar-refractivity contribution >= 4 is 0 Å². The molecular weight excluding hydrogens is 234 g/mol. The van der Waals surface area contributed by atoms with Gasteiger partial charge in [-0.1, -0.05) is 31.5 Å². The molecule has 1 unspecified atom stereocenters. The molecule has 0 saturated heterocycles. The van der Waals surface area contributed by atoms with Crippen LogP contribution >= 0.6 is 0 Å². The number of methoxy groups -OCH3 is 1. The lowest BCUT2D eigenvalue weighted by Crippen LogP contribution is -2.38. The van der Waals surface area contributed by atoms with Crippen molar-refractivity contribution < 1.29 is 4.74 Å². The minimum atomic E-state index is 0.490. The second-order valence-corrected chi connectivity index (χ2v) is 6.18. The average molecular weight is 261 g/mol. The molecule has 1 atom stereocenters. The maximum absolute atomic E-state index is 5.51. The number of hydrogen-bond acceptors (Lipinski definition) is 2. The van der Waals surface area contributed by atoms with Gasteiger partial charge in [-0.25, -0.2) is 0 Å². The Balaban J connectivity index is 2.14. The molecule has 0 radical (unpaired) electrons. The summed E-state index contributed by atoms with van der Waals surface area (Å²) in [4.78, 5) is 0. The van der Waals surface area contributed by atoms with Crippen molar-refractivity contribution in [3.8, 4) is 5.75 Å². The lowest BCUT2D eigenvalue weighted by molar-refractivity contribution is 0.346. The first-order valence-electron chi connectivity index (χ1n) is 7.46. The Morgan fingerprint density at radius 1 is 1.37 bits per heavy atom. The van der Waals surface area contributed by atoms with Gasteiger partial charge >= 0.3 is 0 Å². The van der Waals surface area contributed by atoms with E-state index in [1.165, 1.54) is 30.4 Å². The number of ether oxygens (including phenoxy) is 1. The minimum absolute atomic E-state index is 0.490. The van der Waals surface area contributed by atoms with E-state index in [-0.39, 0.29) is 0 Å². The standard InChI is InChI=1S/C17H27NO/c1-5-10-18-16(17(3)8-9-17)12-14-11-13(2)6-7-15(14)19-4/h6-7,11,16,18H,5,8-10,12H2,1-4H3. The molecule has 0 bridgehead atoms. The van der Waals surface area contributed by atoms with E-state index in [4.69, 9.17) is 4.74 Å². The Hall–Kier alpha value is -1.02. The predicted molar refractivity (Wildman–Crippen MR) is 80.9 cm³/mol. The van der Waals surface area contributed by atoms with E-state index in [1.807, 2.05) is 0 Å². The molecular formula is C17H27NO. The van der Waals surface area contributed by atoms with Gasteiger partial charge in [0.1, 0.15) is 5.75 Å². The van der Waals surface area contributed by atoms with Gasteiger partial charge in [0.05, 0.1) is 7.11 Å². The SMILES string of the molecule is CCCNC(Cc1cc(C)ccc1OC)C1(C)CC1. The summed E-state index contributed by atoms with van der Waals surface area (Å²) in [6, 6.07) is 7.06. The van der Waals surface area contributed by atoms with Gasteiger partial charge in [-0.3, -0.25) is 0 Å². The Kier molecular flexibility index (Phi) is 4.51. The minimum Gasteiger partial charge on any atom is -0.496 e. The van der Waals surface area contributed by atoms with E-state index in [1.54, 1.807) is 7.11 Å². The van der Waals surface area contributed by atoms with Gasteiger partial charge in [-0.05, 0) is 56.2 Å². The molecule has 2 rings (SSSR count). The van der Waals surface area contributed by atoms with E-state index in [9.17, 15) is 0 Å². The number of nitrogens with one attached hydrogen (secondary N) is 1. The van der Waals surface area contributed by atoms with Crippen molar-refractivity contribution in [2.45, 2.75) is 52.5 Å². The van der Waals surface area contributed by atoms with Crippen LogP contribution in [0.4, 0.5) is 0 Å². The number of hydrogen-bond donors (Lipinski definition) is 1. The van der Waals surface area contributed by atoms with Crippen molar-refractivity contribution in [1.29, 1.82) is 0 Å². The summed E-state index contributed by atoms with van der Waals surface area (Å²) in [6.45, 7) is 7.89. The molecule has 1 aliphatic rings. The molecule has 1 fully saturated rings. The Morgan fingerprint density at radius 2 is 2.11 bits per heavy atom. The van der Waals surface area contributed by atoms with Crippen LogP contribution in [0.5, 0.6) is 5.75 Å². The van der Waals surface area contributed by atoms with Gasteiger partial charge in [-0.2, -0.15) is 0 Å². The molecule has 106 valence electrons. The molecule has 1 aliphatic carbocycles. The van der Waals surface area contributed by atoms with Crippen molar-refractivity contribution in [2.75, 3.05) is 13.7 Å². The molecule has 19 heavy (non-hydrogen) atoms. The first-order chi connectivity index (χ1) is 9.09. The zero-order valence-electron chi connectivity index (χ0n) is 12.8. The van der Waals surface area contributed by atoms with Gasteiger partial charge < -0.3 is 10.1 Å². The molecule has 0 amide bonds. The van der Waals surface area contributed by atoms with Crippen molar-refractivity contribution in [3.05, 3.63) is 29.3 Å². The second kappa shape index (κ2) is 5.96. The van der Waals surface area contributed by atoms with Gasteiger partial charge in [0.15, 0.2) is 0 Å². The van der Waals surface area contributed by atoms with Crippen LogP contribution in [0, 0.1) is 12.3 Å². The fraction of sp³-hybridized carbons (Fsp3) is 0.647. The summed E-state index contributed by atoms with van der Waals surface area (Å²) in [6.07, 6.45) is 4.96. The topological polar surface area (TPSA) is 21.3 Å². The van der Waals surface area contributed by atoms with E-state index in [0.29, 0.717) is 11.5 Å². The first-order valence-corrected chi connectivity index (χ1v) is 7.46. The van der Waals surface area contributed by atoms with Crippen LogP contribution in [-0.4, -0.2) is 19.7 Å². The first kappa shape index (κ1) is 14.4. The summed E-state index contributed by atoms with van der Waals surface area (Å²) in [5.74, 6) is 1.03. The summed E-state index contributed by atoms with van der Waals surface area (Å²) < 4.78 is 5.51. The molecule has 0 aliphatic heterocycles. The van der Waals surface area contributed by atoms with Crippen LogP contribution in [0.15, 0.2) is 18.2 Å². The smallest absolute Gasteiger partial charge is 0.122 e. The Labute approximate surface area is 117 Å². The van der Waals surface area contributed by atoms with Gasteiger partial charge in [0.2, 0.25) is 0 Å². The Morgan fingerprint density at radius 3 is 2.68 bits per heavy atom. The van der Waals surface area contributed by atoms with Crippen molar-refractivity contribution in [3.63, 3.8) is 0 Å². The highest BCUT2D eigenvalue weighted by Gasteiger charge is 2.44. The summed E-state index contributed by atoms with van der Waals surface area (Å²) >= 11 is 0. The fourth-order valence-electron chi connectivity index (χ4n) is 2.72. The summed E-state index contributed by atoms with van der Waals surface area (Å²) in [5, 5.41) is 3.74. The number of benzene rings is 1. The van der Waals surface area contributed by atoms with Crippen LogP contribution in [0.3, 0.4) is 0 Å². The predicted octanol–water partition coefficient (Wildman–Crippen LogP) is 3.71. The van der Waals surface area contributed by atoms with Crippen LogP contribution in [0.2, 0.25) is 0 Å². The molecule has 0 heterocycles. The zero-order chi connectivity index (χ0) is 13.9. The average Bonchev–Trinajstić information content (AvgIpc) is 3.14. The lowest BCUT2D eigenvalue weighted by Gasteiger charge is -2.26. The number of aryl methyl sites for hydroxylation is 1. The largest absolute Gasteiger partial charge is 0.496 e. The van der Waals surface area contributed by atoms with Gasteiger partial charge in [-0.15, -0.1) is 0 Å². The molecule has 1 saturated carbocycles. The van der Waals surface area contributed by atoms with Crippen LogP contribution in [0.1, 0.15) is 44.2 Å².